The van der Waals surface area contributed by atoms with E-state index >= 15 is 0 Å². The van der Waals surface area contributed by atoms with Crippen LogP contribution in [0.5, 0.6) is 0 Å². The average molecular weight is 283 g/mol. The van der Waals surface area contributed by atoms with Crippen LogP contribution >= 0.6 is 11.5 Å². The maximum Gasteiger partial charge on any atom is 0.215 e. The van der Waals surface area contributed by atoms with Crippen molar-refractivity contribution in [3.8, 4) is 11.2 Å². The number of nitrogens with zero attached hydrogens (tertiary/aromatic N) is 5. The number of aryl methyl sites for hydroxylation is 1. The molecule has 1 aromatic carbocycles. The second-order valence-electron chi connectivity index (χ2n) is 4.43. The summed E-state index contributed by atoms with van der Waals surface area (Å²) in [5, 5.41) is 9.75. The number of rotatable bonds is 4. The second-order valence-corrected chi connectivity index (χ2v) is 5.16. The highest BCUT2D eigenvalue weighted by Gasteiger charge is 2.15. The van der Waals surface area contributed by atoms with Gasteiger partial charge in [0.25, 0.3) is 0 Å². The van der Waals surface area contributed by atoms with Crippen molar-refractivity contribution in [3.05, 3.63) is 35.9 Å². The van der Waals surface area contributed by atoms with Crippen LogP contribution in [0.25, 0.3) is 16.2 Å². The van der Waals surface area contributed by atoms with Gasteiger partial charge in [0.2, 0.25) is 5.13 Å². The fraction of sp³-hybridized carbons (Fsp3) is 0.286. The third-order valence-electron chi connectivity index (χ3n) is 2.99. The van der Waals surface area contributed by atoms with Gasteiger partial charge in [0.15, 0.2) is 0 Å². The van der Waals surface area contributed by atoms with Crippen LogP contribution in [0.3, 0.4) is 0 Å². The second kappa shape index (κ2) is 5.39. The molecule has 0 saturated heterocycles. The lowest BCUT2D eigenvalue weighted by atomic mass is 10.3. The van der Waals surface area contributed by atoms with Gasteiger partial charge in [0, 0.05) is 18.0 Å². The standard InChI is InChI=1S/C14H13N5S/c1-2-5-12-17-14(20-18-12)19-11-7-4-3-6-10(11)16-13(19)8-9-15/h3-4,6-7H,2,5,8H2,1H3. The Kier molecular flexibility index (Phi) is 3.44. The lowest BCUT2D eigenvalue weighted by molar-refractivity contribution is 0.848. The summed E-state index contributed by atoms with van der Waals surface area (Å²) in [5.74, 6) is 1.57. The Balaban J connectivity index is 2.17. The molecule has 3 aromatic rings. The smallest absolute Gasteiger partial charge is 0.215 e. The van der Waals surface area contributed by atoms with E-state index in [1.54, 1.807) is 0 Å². The number of benzene rings is 1. The average Bonchev–Trinajstić information content (AvgIpc) is 3.03. The van der Waals surface area contributed by atoms with Crippen molar-refractivity contribution in [2.75, 3.05) is 0 Å². The molecular formula is C14H13N5S. The summed E-state index contributed by atoms with van der Waals surface area (Å²) in [6, 6.07) is 10.0. The number of aromatic nitrogens is 4. The van der Waals surface area contributed by atoms with Crippen LogP contribution in [0.2, 0.25) is 0 Å². The molecule has 100 valence electrons. The molecule has 20 heavy (non-hydrogen) atoms. The third kappa shape index (κ3) is 2.17. The minimum atomic E-state index is 0.261. The third-order valence-corrected chi connectivity index (χ3v) is 3.73. The fourth-order valence-corrected chi connectivity index (χ4v) is 2.89. The number of hydrogen-bond donors (Lipinski definition) is 0. The molecule has 0 saturated carbocycles. The van der Waals surface area contributed by atoms with Crippen molar-refractivity contribution in [1.29, 1.82) is 5.26 Å². The summed E-state index contributed by atoms with van der Waals surface area (Å²) in [7, 11) is 0. The van der Waals surface area contributed by atoms with Crippen LogP contribution in [0.15, 0.2) is 24.3 Å². The topological polar surface area (TPSA) is 67.4 Å². The summed E-state index contributed by atoms with van der Waals surface area (Å²) in [5.41, 5.74) is 1.85. The van der Waals surface area contributed by atoms with Gasteiger partial charge in [-0.2, -0.15) is 9.64 Å². The summed E-state index contributed by atoms with van der Waals surface area (Å²) in [6.45, 7) is 2.11. The molecule has 0 spiro atoms. The van der Waals surface area contributed by atoms with Gasteiger partial charge >= 0.3 is 0 Å². The first-order valence-corrected chi connectivity index (χ1v) is 7.27. The van der Waals surface area contributed by atoms with Crippen molar-refractivity contribution >= 4 is 22.6 Å². The van der Waals surface area contributed by atoms with Gasteiger partial charge in [-0.15, -0.1) is 0 Å². The molecule has 2 aromatic heterocycles. The van der Waals surface area contributed by atoms with E-state index in [-0.39, 0.29) is 6.42 Å². The lowest BCUT2D eigenvalue weighted by Crippen LogP contribution is -2.00. The van der Waals surface area contributed by atoms with Crippen LogP contribution in [-0.4, -0.2) is 18.9 Å². The Hall–Kier alpha value is -2.26. The van der Waals surface area contributed by atoms with E-state index in [2.05, 4.69) is 27.3 Å². The molecule has 0 unspecified atom stereocenters. The summed E-state index contributed by atoms with van der Waals surface area (Å²) >= 11 is 1.35. The first kappa shape index (κ1) is 12.8. The Morgan fingerprint density at radius 2 is 2.15 bits per heavy atom. The van der Waals surface area contributed by atoms with Gasteiger partial charge in [-0.25, -0.2) is 9.97 Å². The van der Waals surface area contributed by atoms with E-state index in [9.17, 15) is 0 Å². The summed E-state index contributed by atoms with van der Waals surface area (Å²) in [6.07, 6.45) is 2.15. The lowest BCUT2D eigenvalue weighted by Gasteiger charge is -2.01. The van der Waals surface area contributed by atoms with E-state index in [1.165, 1.54) is 11.5 Å². The molecule has 3 rings (SSSR count). The maximum atomic E-state index is 8.97. The highest BCUT2D eigenvalue weighted by molar-refractivity contribution is 7.08. The van der Waals surface area contributed by atoms with E-state index in [4.69, 9.17) is 5.26 Å². The molecular weight excluding hydrogens is 270 g/mol. The number of para-hydroxylation sites is 2. The van der Waals surface area contributed by atoms with Gasteiger partial charge in [0.05, 0.1) is 23.5 Å². The van der Waals surface area contributed by atoms with Crippen LogP contribution in [0.1, 0.15) is 25.0 Å². The zero-order valence-electron chi connectivity index (χ0n) is 11.1. The number of hydrogen-bond acceptors (Lipinski definition) is 5. The molecule has 0 atom stereocenters. The molecule has 0 aliphatic carbocycles. The van der Waals surface area contributed by atoms with E-state index in [1.807, 2.05) is 28.8 Å². The predicted molar refractivity (Wildman–Crippen MR) is 77.8 cm³/mol. The molecule has 0 amide bonds. The molecule has 5 nitrogen and oxygen atoms in total. The monoisotopic (exact) mass is 283 g/mol. The number of imidazole rings is 1. The minimum Gasteiger partial charge on any atom is -0.269 e. The quantitative estimate of drug-likeness (QED) is 0.738. The molecule has 6 heteroatoms. The van der Waals surface area contributed by atoms with Crippen LogP contribution in [0.4, 0.5) is 0 Å². The highest BCUT2D eigenvalue weighted by Crippen LogP contribution is 2.23. The molecule has 0 radical (unpaired) electrons. The molecule has 0 aliphatic rings. The van der Waals surface area contributed by atoms with Crippen molar-refractivity contribution in [3.63, 3.8) is 0 Å². The fourth-order valence-electron chi connectivity index (χ4n) is 2.14. The SMILES string of the molecule is CCCc1nsc(-n2c(CC#N)nc3ccccc32)n1. The largest absolute Gasteiger partial charge is 0.269 e. The molecule has 2 heterocycles. The van der Waals surface area contributed by atoms with Crippen molar-refractivity contribution in [1.82, 2.24) is 18.9 Å². The minimum absolute atomic E-state index is 0.261. The van der Waals surface area contributed by atoms with E-state index in [0.29, 0.717) is 5.82 Å². The molecule has 0 N–H and O–H groups in total. The Morgan fingerprint density at radius 1 is 1.30 bits per heavy atom. The first-order chi connectivity index (χ1) is 9.83. The molecule has 0 fully saturated rings. The Bertz CT molecular complexity index is 780. The Labute approximate surface area is 120 Å². The van der Waals surface area contributed by atoms with Crippen LogP contribution in [0, 0.1) is 11.3 Å². The molecule has 0 aliphatic heterocycles. The van der Waals surface area contributed by atoms with Gasteiger partial charge in [-0.3, -0.25) is 4.57 Å². The van der Waals surface area contributed by atoms with Gasteiger partial charge in [0.1, 0.15) is 11.6 Å². The Morgan fingerprint density at radius 3 is 2.95 bits per heavy atom. The predicted octanol–water partition coefficient (Wildman–Crippen LogP) is 2.90. The van der Waals surface area contributed by atoms with Crippen LogP contribution in [-0.2, 0) is 12.8 Å². The van der Waals surface area contributed by atoms with Gasteiger partial charge in [-0.1, -0.05) is 19.1 Å². The first-order valence-electron chi connectivity index (χ1n) is 6.49. The highest BCUT2D eigenvalue weighted by atomic mass is 32.1. The number of fused-ring (bicyclic) bond motifs is 1. The zero-order valence-corrected chi connectivity index (χ0v) is 11.9. The van der Waals surface area contributed by atoms with Crippen molar-refractivity contribution in [2.45, 2.75) is 26.2 Å². The van der Waals surface area contributed by atoms with Gasteiger partial charge in [-0.05, 0) is 18.6 Å². The van der Waals surface area contributed by atoms with Gasteiger partial charge < -0.3 is 0 Å². The van der Waals surface area contributed by atoms with Crippen LogP contribution < -0.4 is 0 Å². The van der Waals surface area contributed by atoms with E-state index < -0.39 is 0 Å². The van der Waals surface area contributed by atoms with E-state index in [0.717, 1.165) is 34.8 Å². The summed E-state index contributed by atoms with van der Waals surface area (Å²) in [4.78, 5) is 9.07. The zero-order chi connectivity index (χ0) is 13.9. The maximum absolute atomic E-state index is 8.97. The molecule has 0 bridgehead atoms. The normalized spacial score (nSPS) is 10.8. The summed E-state index contributed by atoms with van der Waals surface area (Å²) < 4.78 is 6.31. The van der Waals surface area contributed by atoms with Crippen molar-refractivity contribution < 1.29 is 0 Å². The number of nitriles is 1. The van der Waals surface area contributed by atoms with Crippen molar-refractivity contribution in [2.24, 2.45) is 0 Å².